The Morgan fingerprint density at radius 3 is 2.50 bits per heavy atom. The van der Waals surface area contributed by atoms with Gasteiger partial charge >= 0.3 is 0 Å². The summed E-state index contributed by atoms with van der Waals surface area (Å²) in [7, 11) is 0. The molecule has 1 aliphatic rings. The van der Waals surface area contributed by atoms with Crippen molar-refractivity contribution in [2.24, 2.45) is 0 Å². The van der Waals surface area contributed by atoms with Gasteiger partial charge in [0.15, 0.2) is 5.82 Å². The average Bonchev–Trinajstić information content (AvgIpc) is 3.60. The molecule has 0 bridgehead atoms. The average molecular weight is 572 g/mol. The Morgan fingerprint density at radius 2 is 1.77 bits per heavy atom. The summed E-state index contributed by atoms with van der Waals surface area (Å²) < 4.78 is 7.07. The summed E-state index contributed by atoms with van der Waals surface area (Å²) >= 11 is 7.02. The van der Waals surface area contributed by atoms with Crippen molar-refractivity contribution in [3.05, 3.63) is 98.3 Å². The molecule has 2 amide bonds. The number of aromatic nitrogens is 3. The third kappa shape index (κ3) is 4.72. The Bertz CT molecular complexity index is 1870. The fourth-order valence-electron chi connectivity index (χ4n) is 4.46. The van der Waals surface area contributed by atoms with Gasteiger partial charge < -0.3 is 10.1 Å². The van der Waals surface area contributed by atoms with Gasteiger partial charge in [-0.3, -0.25) is 19.3 Å². The lowest BCUT2D eigenvalue weighted by Crippen LogP contribution is -2.37. The molecule has 0 fully saturated rings. The van der Waals surface area contributed by atoms with Gasteiger partial charge in [0.1, 0.15) is 16.8 Å². The van der Waals surface area contributed by atoms with E-state index in [0.29, 0.717) is 39.4 Å². The lowest BCUT2D eigenvalue weighted by atomic mass is 10.1. The topological polar surface area (TPSA) is 106 Å². The van der Waals surface area contributed by atoms with Crippen LogP contribution in [0.15, 0.2) is 77.6 Å². The molecule has 2 aromatic heterocycles. The van der Waals surface area contributed by atoms with Gasteiger partial charge in [-0.15, -0.1) is 5.10 Å². The Balaban J connectivity index is 1.33. The standard InChI is InChI=1S/C29H22ClN5O4S/c1-2-15-39-20-13-7-17(8-14-20)26-32-29-35(33-26)28(38)25(40-29)24-21-5-3-4-6-22(21)34(27(24)37)16-23(36)31-19-11-9-18(30)10-12-19/h3-14H,2,15-16H2,1H3,(H,31,36)/b25-24-. The first-order valence-electron chi connectivity index (χ1n) is 12.6. The number of carbonyl (C=O) groups is 2. The van der Waals surface area contributed by atoms with Crippen molar-refractivity contribution < 1.29 is 14.3 Å². The molecule has 3 aromatic carbocycles. The number of fused-ring (bicyclic) bond motifs is 2. The Morgan fingerprint density at radius 1 is 1.02 bits per heavy atom. The Kier molecular flexibility index (Phi) is 6.79. The van der Waals surface area contributed by atoms with E-state index in [1.807, 2.05) is 31.2 Å². The molecule has 200 valence electrons. The maximum Gasteiger partial charge on any atom is 0.291 e. The lowest BCUT2D eigenvalue weighted by molar-refractivity contribution is -0.118. The Labute approximate surface area is 237 Å². The van der Waals surface area contributed by atoms with Crippen molar-refractivity contribution >= 4 is 56.7 Å². The van der Waals surface area contributed by atoms with Gasteiger partial charge in [-0.05, 0) is 61.0 Å². The minimum atomic E-state index is -0.438. The minimum Gasteiger partial charge on any atom is -0.494 e. The second-order valence-corrected chi connectivity index (χ2v) is 10.5. The van der Waals surface area contributed by atoms with Crippen LogP contribution in [0.4, 0.5) is 11.4 Å². The van der Waals surface area contributed by atoms with Crippen LogP contribution in [0.3, 0.4) is 0 Å². The van der Waals surface area contributed by atoms with Crippen molar-refractivity contribution in [1.82, 2.24) is 14.6 Å². The third-order valence-corrected chi connectivity index (χ3v) is 7.60. The van der Waals surface area contributed by atoms with E-state index in [2.05, 4.69) is 15.4 Å². The normalized spacial score (nSPS) is 14.1. The molecule has 6 rings (SSSR count). The predicted octanol–water partition coefficient (Wildman–Crippen LogP) is 4.16. The highest BCUT2D eigenvalue weighted by molar-refractivity contribution is 7.15. The van der Waals surface area contributed by atoms with Gasteiger partial charge in [-0.25, -0.2) is 0 Å². The number of hydrogen-bond donors (Lipinski definition) is 1. The fraction of sp³-hybridized carbons (Fsp3) is 0.138. The molecule has 0 unspecified atom stereocenters. The van der Waals surface area contributed by atoms with Crippen LogP contribution >= 0.6 is 22.9 Å². The zero-order valence-corrected chi connectivity index (χ0v) is 22.8. The molecule has 1 N–H and O–H groups in total. The summed E-state index contributed by atoms with van der Waals surface area (Å²) in [5, 5.41) is 7.74. The van der Waals surface area contributed by atoms with E-state index >= 15 is 0 Å². The Hall–Kier alpha value is -4.54. The summed E-state index contributed by atoms with van der Waals surface area (Å²) in [5.41, 5.74) is 2.23. The highest BCUT2D eigenvalue weighted by atomic mass is 35.5. The number of thiazole rings is 1. The van der Waals surface area contributed by atoms with Gasteiger partial charge in [0.2, 0.25) is 10.9 Å². The van der Waals surface area contributed by atoms with Gasteiger partial charge in [0.05, 0.1) is 17.9 Å². The largest absolute Gasteiger partial charge is 0.494 e. The van der Waals surface area contributed by atoms with Crippen LogP contribution < -0.4 is 25.0 Å². The minimum absolute atomic E-state index is 0.223. The smallest absolute Gasteiger partial charge is 0.291 e. The van der Waals surface area contributed by atoms with Crippen LogP contribution in [0, 0.1) is 0 Å². The van der Waals surface area contributed by atoms with Crippen LogP contribution in [0.1, 0.15) is 18.9 Å². The third-order valence-electron chi connectivity index (χ3n) is 6.32. The summed E-state index contributed by atoms with van der Waals surface area (Å²) in [6.45, 7) is 2.45. The molecular weight excluding hydrogens is 550 g/mol. The summed E-state index contributed by atoms with van der Waals surface area (Å²) in [6, 6.07) is 21.1. The van der Waals surface area contributed by atoms with E-state index in [1.54, 1.807) is 48.5 Å². The number of anilines is 2. The van der Waals surface area contributed by atoms with E-state index in [9.17, 15) is 14.4 Å². The number of para-hydroxylation sites is 1. The zero-order chi connectivity index (χ0) is 27.8. The lowest BCUT2D eigenvalue weighted by Gasteiger charge is -2.16. The van der Waals surface area contributed by atoms with E-state index in [-0.39, 0.29) is 22.6 Å². The van der Waals surface area contributed by atoms with Gasteiger partial charge in [0.25, 0.3) is 11.5 Å². The number of halogens is 1. The fourth-order valence-corrected chi connectivity index (χ4v) is 5.59. The number of amides is 2. The quantitative estimate of drug-likeness (QED) is 0.314. The predicted molar refractivity (Wildman–Crippen MR) is 155 cm³/mol. The number of rotatable bonds is 7. The van der Waals surface area contributed by atoms with Crippen LogP contribution in [-0.2, 0) is 9.59 Å². The van der Waals surface area contributed by atoms with Crippen molar-refractivity contribution in [2.75, 3.05) is 23.4 Å². The van der Waals surface area contributed by atoms with E-state index in [1.165, 1.54) is 9.42 Å². The first-order valence-corrected chi connectivity index (χ1v) is 13.8. The number of ether oxygens (including phenoxy) is 1. The van der Waals surface area contributed by atoms with E-state index < -0.39 is 11.5 Å². The zero-order valence-electron chi connectivity index (χ0n) is 21.3. The van der Waals surface area contributed by atoms with Crippen molar-refractivity contribution in [2.45, 2.75) is 13.3 Å². The van der Waals surface area contributed by atoms with E-state index in [4.69, 9.17) is 16.3 Å². The number of hydrogen-bond acceptors (Lipinski definition) is 7. The molecule has 0 saturated heterocycles. The molecule has 0 atom stereocenters. The SMILES string of the molecule is CCCOc1ccc(-c2nc3s/c(=C4\C(=O)N(CC(=O)Nc5ccc(Cl)cc5)c5ccccc54)c(=O)n3n2)cc1. The molecule has 0 radical (unpaired) electrons. The van der Waals surface area contributed by atoms with Crippen molar-refractivity contribution in [3.8, 4) is 17.1 Å². The number of nitrogens with zero attached hydrogens (tertiary/aromatic N) is 4. The second-order valence-electron chi connectivity index (χ2n) is 9.08. The highest BCUT2D eigenvalue weighted by Gasteiger charge is 2.35. The second kappa shape index (κ2) is 10.6. The van der Waals surface area contributed by atoms with Crippen LogP contribution in [0.2, 0.25) is 5.02 Å². The monoisotopic (exact) mass is 571 g/mol. The summed E-state index contributed by atoms with van der Waals surface area (Å²) in [5.74, 6) is 0.338. The number of nitrogens with one attached hydrogen (secondary N) is 1. The molecule has 3 heterocycles. The maximum absolute atomic E-state index is 13.6. The molecule has 0 saturated carbocycles. The summed E-state index contributed by atoms with van der Waals surface area (Å²) in [6.07, 6.45) is 0.912. The van der Waals surface area contributed by atoms with Crippen LogP contribution in [-0.4, -0.2) is 39.6 Å². The molecule has 40 heavy (non-hydrogen) atoms. The molecule has 9 nitrogen and oxygen atoms in total. The number of carbonyl (C=O) groups excluding carboxylic acids is 2. The first kappa shape index (κ1) is 25.7. The first-order chi connectivity index (χ1) is 19.4. The molecular formula is C29H22ClN5O4S. The van der Waals surface area contributed by atoms with Crippen LogP contribution in [0.5, 0.6) is 5.75 Å². The van der Waals surface area contributed by atoms with Gasteiger partial charge in [-0.2, -0.15) is 9.50 Å². The van der Waals surface area contributed by atoms with Crippen molar-refractivity contribution in [1.29, 1.82) is 0 Å². The number of benzene rings is 3. The maximum atomic E-state index is 13.6. The molecule has 0 aliphatic carbocycles. The molecule has 0 spiro atoms. The van der Waals surface area contributed by atoms with Crippen molar-refractivity contribution in [3.63, 3.8) is 0 Å². The van der Waals surface area contributed by atoms with E-state index in [0.717, 1.165) is 29.1 Å². The molecule has 1 aliphatic heterocycles. The van der Waals surface area contributed by atoms with Gasteiger partial charge in [0, 0.05) is 21.8 Å². The highest BCUT2D eigenvalue weighted by Crippen LogP contribution is 2.35. The van der Waals surface area contributed by atoms with Crippen LogP contribution in [0.25, 0.3) is 21.9 Å². The van der Waals surface area contributed by atoms with Gasteiger partial charge in [-0.1, -0.05) is 48.1 Å². The molecule has 11 heteroatoms. The summed E-state index contributed by atoms with van der Waals surface area (Å²) in [4.78, 5) is 46.2. The molecule has 5 aromatic rings.